The molecule has 3 amide bonds. The number of hydrogen-bond acceptors (Lipinski definition) is 6. The smallest absolute Gasteiger partial charge is 0.325 e. The van der Waals surface area contributed by atoms with E-state index in [1.54, 1.807) is 25.3 Å². The number of benzene rings is 2. The Hall–Kier alpha value is -3.42. The average molecular weight is 383 g/mol. The first-order valence-corrected chi connectivity index (χ1v) is 9.05. The highest BCUT2D eigenvalue weighted by atomic mass is 16.7. The highest BCUT2D eigenvalue weighted by Crippen LogP contribution is 2.34. The van der Waals surface area contributed by atoms with Crippen molar-refractivity contribution in [3.8, 4) is 17.2 Å². The lowest BCUT2D eigenvalue weighted by atomic mass is 10.0. The van der Waals surface area contributed by atoms with E-state index in [1.807, 2.05) is 23.1 Å². The lowest BCUT2D eigenvalue weighted by Crippen LogP contribution is -2.43. The summed E-state index contributed by atoms with van der Waals surface area (Å²) < 4.78 is 15.8. The maximum absolute atomic E-state index is 12.3. The third kappa shape index (κ3) is 3.80. The van der Waals surface area contributed by atoms with Crippen molar-refractivity contribution in [3.63, 3.8) is 0 Å². The number of carbonyl (C=O) groups excluding carboxylic acids is 2. The molecule has 2 aliphatic rings. The zero-order valence-corrected chi connectivity index (χ0v) is 15.5. The second-order valence-electron chi connectivity index (χ2n) is 6.59. The van der Waals surface area contributed by atoms with Gasteiger partial charge in [0, 0.05) is 24.0 Å². The van der Waals surface area contributed by atoms with Crippen LogP contribution in [-0.2, 0) is 11.2 Å². The van der Waals surface area contributed by atoms with Gasteiger partial charge in [0.1, 0.15) is 5.75 Å². The molecule has 0 unspecified atom stereocenters. The van der Waals surface area contributed by atoms with Crippen molar-refractivity contribution in [2.24, 2.45) is 0 Å². The number of methoxy groups -OCH3 is 1. The fraction of sp³-hybridized carbons (Fsp3) is 0.300. The number of anilines is 2. The van der Waals surface area contributed by atoms with E-state index in [4.69, 9.17) is 14.2 Å². The summed E-state index contributed by atoms with van der Waals surface area (Å²) in [7, 11) is 1.63. The van der Waals surface area contributed by atoms with Gasteiger partial charge in [0.2, 0.25) is 12.7 Å². The molecule has 0 bridgehead atoms. The maximum atomic E-state index is 12.3. The van der Waals surface area contributed by atoms with E-state index in [0.29, 0.717) is 17.2 Å². The van der Waals surface area contributed by atoms with E-state index in [0.717, 1.165) is 36.4 Å². The number of carbonyl (C=O) groups is 2. The Labute approximate surface area is 162 Å². The molecule has 2 aliphatic heterocycles. The fourth-order valence-electron chi connectivity index (χ4n) is 3.42. The van der Waals surface area contributed by atoms with Gasteiger partial charge in [0.25, 0.3) is 0 Å². The molecule has 2 heterocycles. The third-order valence-electron chi connectivity index (χ3n) is 4.72. The van der Waals surface area contributed by atoms with E-state index in [9.17, 15) is 9.59 Å². The summed E-state index contributed by atoms with van der Waals surface area (Å²) in [4.78, 5) is 26.5. The lowest BCUT2D eigenvalue weighted by molar-refractivity contribution is -0.118. The van der Waals surface area contributed by atoms with Crippen LogP contribution < -0.4 is 29.7 Å². The Morgan fingerprint density at radius 1 is 1.14 bits per heavy atom. The first-order chi connectivity index (χ1) is 13.6. The molecule has 0 saturated carbocycles. The van der Waals surface area contributed by atoms with Gasteiger partial charge in [-0.3, -0.25) is 10.1 Å². The third-order valence-corrected chi connectivity index (χ3v) is 4.72. The summed E-state index contributed by atoms with van der Waals surface area (Å²) in [6.45, 7) is 1.02. The van der Waals surface area contributed by atoms with Crippen LogP contribution in [0.1, 0.15) is 12.0 Å². The lowest BCUT2D eigenvalue weighted by Gasteiger charge is -2.30. The summed E-state index contributed by atoms with van der Waals surface area (Å²) in [6, 6.07) is 10.3. The summed E-state index contributed by atoms with van der Waals surface area (Å²) in [6.07, 6.45) is 1.88. The van der Waals surface area contributed by atoms with Crippen molar-refractivity contribution < 1.29 is 23.8 Å². The molecule has 0 aromatic heterocycles. The highest BCUT2D eigenvalue weighted by molar-refractivity contribution is 6.02. The topological polar surface area (TPSA) is 89.1 Å². The van der Waals surface area contributed by atoms with E-state index < -0.39 is 6.03 Å². The van der Waals surface area contributed by atoms with Gasteiger partial charge >= 0.3 is 6.03 Å². The summed E-state index contributed by atoms with van der Waals surface area (Å²) in [5.74, 6) is 1.61. The second-order valence-corrected chi connectivity index (χ2v) is 6.59. The van der Waals surface area contributed by atoms with E-state index >= 15 is 0 Å². The van der Waals surface area contributed by atoms with Crippen molar-refractivity contribution in [2.75, 3.05) is 37.2 Å². The molecule has 2 N–H and O–H groups in total. The summed E-state index contributed by atoms with van der Waals surface area (Å²) >= 11 is 0. The number of ether oxygens (including phenoxy) is 3. The molecule has 0 spiro atoms. The quantitative estimate of drug-likeness (QED) is 0.843. The number of aryl methyl sites for hydroxylation is 1. The Balaban J connectivity index is 1.35. The Bertz CT molecular complexity index is 915. The molecule has 2 aromatic rings. The van der Waals surface area contributed by atoms with Crippen molar-refractivity contribution in [1.82, 2.24) is 5.32 Å². The van der Waals surface area contributed by atoms with Crippen molar-refractivity contribution in [3.05, 3.63) is 42.0 Å². The van der Waals surface area contributed by atoms with E-state index in [2.05, 4.69) is 10.6 Å². The van der Waals surface area contributed by atoms with Crippen LogP contribution in [0, 0.1) is 0 Å². The molecule has 0 saturated heterocycles. The first kappa shape index (κ1) is 18.0. The average Bonchev–Trinajstić information content (AvgIpc) is 3.15. The molecule has 0 atom stereocenters. The minimum absolute atomic E-state index is 0.105. The summed E-state index contributed by atoms with van der Waals surface area (Å²) in [5.41, 5.74) is 2.66. The van der Waals surface area contributed by atoms with Crippen molar-refractivity contribution >= 4 is 23.3 Å². The molecule has 2 aromatic carbocycles. The molecule has 4 rings (SSSR count). The minimum atomic E-state index is -0.587. The second kappa shape index (κ2) is 7.67. The van der Waals surface area contributed by atoms with Gasteiger partial charge < -0.3 is 24.4 Å². The molecule has 8 nitrogen and oxygen atoms in total. The minimum Gasteiger partial charge on any atom is -0.497 e. The van der Waals surface area contributed by atoms with Gasteiger partial charge in [-0.15, -0.1) is 0 Å². The van der Waals surface area contributed by atoms with Crippen LogP contribution in [-0.4, -0.2) is 38.9 Å². The molecule has 0 aliphatic carbocycles. The standard InChI is InChI=1S/C20H21N3O5/c1-26-15-5-6-16-13(9-15)3-2-8-23(16)11-19(24)22-20(25)21-14-4-7-17-18(10-14)28-12-27-17/h4-7,9-10H,2-3,8,11-12H2,1H3,(H2,21,22,24,25). The van der Waals surface area contributed by atoms with Crippen molar-refractivity contribution in [2.45, 2.75) is 12.8 Å². The number of hydrogen-bond donors (Lipinski definition) is 2. The van der Waals surface area contributed by atoms with E-state index in [1.165, 1.54) is 0 Å². The molecule has 0 fully saturated rings. The SMILES string of the molecule is COc1ccc2c(c1)CCCN2CC(=O)NC(=O)Nc1ccc2c(c1)OCO2. The Morgan fingerprint density at radius 3 is 2.86 bits per heavy atom. The number of urea groups is 1. The van der Waals surface area contributed by atoms with Gasteiger partial charge in [-0.05, 0) is 48.7 Å². The first-order valence-electron chi connectivity index (χ1n) is 9.05. The molecule has 28 heavy (non-hydrogen) atoms. The number of rotatable bonds is 4. The van der Waals surface area contributed by atoms with Crippen LogP contribution in [0.2, 0.25) is 0 Å². The fourth-order valence-corrected chi connectivity index (χ4v) is 3.42. The summed E-state index contributed by atoms with van der Waals surface area (Å²) in [5, 5.41) is 5.00. The number of imide groups is 1. The van der Waals surface area contributed by atoms with Gasteiger partial charge in [0.15, 0.2) is 11.5 Å². The zero-order valence-electron chi connectivity index (χ0n) is 15.5. The largest absolute Gasteiger partial charge is 0.497 e. The predicted molar refractivity (Wildman–Crippen MR) is 103 cm³/mol. The van der Waals surface area contributed by atoms with Crippen LogP contribution in [0.15, 0.2) is 36.4 Å². The monoisotopic (exact) mass is 383 g/mol. The molecule has 0 radical (unpaired) electrons. The zero-order chi connectivity index (χ0) is 19.5. The van der Waals surface area contributed by atoms with Crippen LogP contribution in [0.3, 0.4) is 0 Å². The maximum Gasteiger partial charge on any atom is 0.325 e. The number of amides is 3. The van der Waals surface area contributed by atoms with Gasteiger partial charge in [0.05, 0.1) is 13.7 Å². The molecular formula is C20H21N3O5. The number of nitrogens with one attached hydrogen (secondary N) is 2. The van der Waals surface area contributed by atoms with Crippen molar-refractivity contribution in [1.29, 1.82) is 0 Å². The molecular weight excluding hydrogens is 362 g/mol. The Kier molecular flexibility index (Phi) is 4.92. The molecule has 8 heteroatoms. The van der Waals surface area contributed by atoms with Gasteiger partial charge in [-0.2, -0.15) is 0 Å². The van der Waals surface area contributed by atoms with E-state index in [-0.39, 0.29) is 19.2 Å². The van der Waals surface area contributed by atoms with Gasteiger partial charge in [-0.1, -0.05) is 0 Å². The number of fused-ring (bicyclic) bond motifs is 2. The van der Waals surface area contributed by atoms with Crippen LogP contribution in [0.4, 0.5) is 16.2 Å². The molecule has 146 valence electrons. The highest BCUT2D eigenvalue weighted by Gasteiger charge is 2.21. The van der Waals surface area contributed by atoms with Crippen LogP contribution >= 0.6 is 0 Å². The van der Waals surface area contributed by atoms with Crippen LogP contribution in [0.25, 0.3) is 0 Å². The normalized spacial score (nSPS) is 14.2. The number of nitrogens with zero attached hydrogens (tertiary/aromatic N) is 1. The van der Waals surface area contributed by atoms with Gasteiger partial charge in [-0.25, -0.2) is 4.79 Å². The predicted octanol–water partition coefficient (Wildman–Crippen LogP) is 2.52. The van der Waals surface area contributed by atoms with Crippen LogP contribution in [0.5, 0.6) is 17.2 Å². The Morgan fingerprint density at radius 2 is 2.00 bits per heavy atom.